The van der Waals surface area contributed by atoms with Crippen molar-refractivity contribution in [2.45, 2.75) is 49.3 Å². The number of hydrogen-bond donors (Lipinski definition) is 2. The van der Waals surface area contributed by atoms with Crippen LogP contribution < -0.4 is 5.32 Å². The molecule has 1 aliphatic heterocycles. The van der Waals surface area contributed by atoms with Gasteiger partial charge >= 0.3 is 0 Å². The van der Waals surface area contributed by atoms with Gasteiger partial charge in [-0.1, -0.05) is 102 Å². The van der Waals surface area contributed by atoms with E-state index in [1.165, 1.54) is 6.20 Å². The molecule has 0 radical (unpaired) electrons. The molecule has 11 heteroatoms. The Labute approximate surface area is 286 Å². The fourth-order valence-electron chi connectivity index (χ4n) is 5.56. The lowest BCUT2D eigenvalue weighted by molar-refractivity contribution is -0.245. The maximum atomic E-state index is 12.8. The van der Waals surface area contributed by atoms with Crippen LogP contribution in [-0.4, -0.2) is 43.0 Å². The summed E-state index contributed by atoms with van der Waals surface area (Å²) in [6.07, 6.45) is 1.44. The predicted octanol–water partition coefficient (Wildman–Crippen LogP) is 7.22. The zero-order valence-electron chi connectivity index (χ0n) is 26.2. The largest absolute Gasteiger partial charge is 0.392 e. The van der Waals surface area contributed by atoms with Crippen LogP contribution in [0.15, 0.2) is 108 Å². The Kier molecular flexibility index (Phi) is 9.82. The van der Waals surface area contributed by atoms with Crippen molar-refractivity contribution in [1.82, 2.24) is 25.5 Å². The van der Waals surface area contributed by atoms with Gasteiger partial charge in [-0.15, -0.1) is 10.2 Å². The van der Waals surface area contributed by atoms with Crippen molar-refractivity contribution in [3.63, 3.8) is 0 Å². The minimum Gasteiger partial charge on any atom is -0.392 e. The summed E-state index contributed by atoms with van der Waals surface area (Å²) in [4.78, 5) is 21.6. The van der Waals surface area contributed by atoms with Gasteiger partial charge in [-0.2, -0.15) is 0 Å². The molecule has 48 heavy (non-hydrogen) atoms. The summed E-state index contributed by atoms with van der Waals surface area (Å²) in [5.41, 5.74) is 7.61. The smallest absolute Gasteiger partial charge is 0.271 e. The second kappa shape index (κ2) is 14.7. The topological polar surface area (TPSA) is 119 Å². The number of nitrogens with one attached hydrogen (secondary N) is 1. The SMILES string of the molecule is Cc1nnc(SC[C@@H]2C[C@H](c3ccc(CO)cc3)O[C@H](c3ccc(-c4cccc(CNC(=O)c5cnc6ccccc6n5)c4)cc3)O2)s1. The molecule has 1 fully saturated rings. The number of fused-ring (bicyclic) bond motifs is 1. The molecule has 1 aliphatic rings. The summed E-state index contributed by atoms with van der Waals surface area (Å²) >= 11 is 3.24. The van der Waals surface area contributed by atoms with E-state index in [9.17, 15) is 9.90 Å². The summed E-state index contributed by atoms with van der Waals surface area (Å²) < 4.78 is 14.0. The Bertz CT molecular complexity index is 2020. The Morgan fingerprint density at radius 1 is 0.896 bits per heavy atom. The molecule has 0 spiro atoms. The molecule has 1 saturated heterocycles. The maximum Gasteiger partial charge on any atom is 0.271 e. The fourth-order valence-corrected chi connectivity index (χ4v) is 7.42. The van der Waals surface area contributed by atoms with Gasteiger partial charge in [0.2, 0.25) is 0 Å². The minimum absolute atomic E-state index is 0.00246. The van der Waals surface area contributed by atoms with Gasteiger partial charge in [0.15, 0.2) is 10.6 Å². The highest BCUT2D eigenvalue weighted by Gasteiger charge is 2.32. The molecular weight excluding hydrogens is 643 g/mol. The van der Waals surface area contributed by atoms with Gasteiger partial charge in [0.1, 0.15) is 10.7 Å². The van der Waals surface area contributed by atoms with Crippen LogP contribution in [0.5, 0.6) is 0 Å². The van der Waals surface area contributed by atoms with Crippen LogP contribution in [0.4, 0.5) is 0 Å². The van der Waals surface area contributed by atoms with Crippen LogP contribution in [0.25, 0.3) is 22.2 Å². The van der Waals surface area contributed by atoms with Gasteiger partial charge in [-0.05, 0) is 52.9 Å². The average Bonchev–Trinajstić information content (AvgIpc) is 3.57. The number of nitrogens with zero attached hydrogens (tertiary/aromatic N) is 4. The summed E-state index contributed by atoms with van der Waals surface area (Å²) in [6, 6.07) is 31.7. The fraction of sp³-hybridized carbons (Fsp3) is 0.216. The molecule has 242 valence electrons. The highest BCUT2D eigenvalue weighted by molar-refractivity contribution is 8.01. The number of carbonyl (C=O) groups is 1. The number of thioether (sulfide) groups is 1. The van der Waals surface area contributed by atoms with Crippen molar-refractivity contribution < 1.29 is 19.4 Å². The summed E-state index contributed by atoms with van der Waals surface area (Å²) in [7, 11) is 0. The summed E-state index contributed by atoms with van der Waals surface area (Å²) in [5.74, 6) is 0.461. The number of aliphatic hydroxyl groups is 1. The second-order valence-corrected chi connectivity index (χ2v) is 13.9. The Morgan fingerprint density at radius 3 is 2.46 bits per heavy atom. The van der Waals surface area contributed by atoms with Gasteiger partial charge in [-0.3, -0.25) is 9.78 Å². The van der Waals surface area contributed by atoms with Crippen molar-refractivity contribution in [1.29, 1.82) is 0 Å². The van der Waals surface area contributed by atoms with E-state index >= 15 is 0 Å². The van der Waals surface area contributed by atoms with Crippen molar-refractivity contribution in [3.8, 4) is 11.1 Å². The highest BCUT2D eigenvalue weighted by Crippen LogP contribution is 2.40. The summed E-state index contributed by atoms with van der Waals surface area (Å²) in [6.45, 7) is 2.32. The standard InChI is InChI=1S/C37H33N5O4S2/c1-23-41-42-37(48-23)47-22-30-18-34(27-11-9-24(21-43)10-12-27)46-36(45-30)28-15-13-26(14-16-28)29-6-4-5-25(17-29)19-39-35(44)33-20-38-31-7-2-3-8-32(31)40-33/h2-17,20,30,34,36,43H,18-19,21-22H2,1H3,(H,39,44)/t30-,34+,36+/m0/s1. The van der Waals surface area contributed by atoms with Gasteiger partial charge in [0, 0.05) is 24.3 Å². The number of carbonyl (C=O) groups excluding carboxylic acids is 1. The van der Waals surface area contributed by atoms with E-state index in [1.807, 2.05) is 79.7 Å². The van der Waals surface area contributed by atoms with Crippen LogP contribution in [-0.2, 0) is 22.6 Å². The predicted molar refractivity (Wildman–Crippen MR) is 186 cm³/mol. The third-order valence-corrected chi connectivity index (χ3v) is 10.2. The lowest BCUT2D eigenvalue weighted by Gasteiger charge is -2.36. The number of amides is 1. The number of aliphatic hydroxyl groups excluding tert-OH is 1. The molecule has 2 N–H and O–H groups in total. The van der Waals surface area contributed by atoms with E-state index in [0.29, 0.717) is 18.5 Å². The molecule has 0 unspecified atom stereocenters. The molecule has 4 aromatic carbocycles. The molecule has 0 aliphatic carbocycles. The molecular formula is C37H33N5O4S2. The van der Waals surface area contributed by atoms with E-state index in [4.69, 9.17) is 9.47 Å². The third-order valence-electron chi connectivity index (χ3n) is 8.09. The summed E-state index contributed by atoms with van der Waals surface area (Å²) in [5, 5.41) is 21.8. The van der Waals surface area contributed by atoms with Gasteiger partial charge < -0.3 is 19.9 Å². The molecule has 2 aromatic heterocycles. The van der Waals surface area contributed by atoms with E-state index in [0.717, 1.165) is 54.0 Å². The number of benzene rings is 4. The molecule has 0 bridgehead atoms. The van der Waals surface area contributed by atoms with E-state index < -0.39 is 6.29 Å². The first-order valence-electron chi connectivity index (χ1n) is 15.6. The van der Waals surface area contributed by atoms with Crippen LogP contribution >= 0.6 is 23.1 Å². The van der Waals surface area contributed by atoms with E-state index in [2.05, 4.69) is 49.7 Å². The first-order chi connectivity index (χ1) is 23.5. The average molecular weight is 676 g/mol. The minimum atomic E-state index is -0.545. The Morgan fingerprint density at radius 2 is 1.69 bits per heavy atom. The number of hydrogen-bond acceptors (Lipinski definition) is 10. The van der Waals surface area contributed by atoms with Crippen LogP contribution in [0.2, 0.25) is 0 Å². The van der Waals surface area contributed by atoms with Crippen molar-refractivity contribution >= 4 is 40.0 Å². The van der Waals surface area contributed by atoms with Crippen molar-refractivity contribution in [2.24, 2.45) is 0 Å². The van der Waals surface area contributed by atoms with Gasteiger partial charge in [-0.25, -0.2) is 4.98 Å². The normalized spacial score (nSPS) is 17.8. The molecule has 3 heterocycles. The lowest BCUT2D eigenvalue weighted by atomic mass is 9.99. The quantitative estimate of drug-likeness (QED) is 0.145. The molecule has 0 saturated carbocycles. The van der Waals surface area contributed by atoms with Crippen molar-refractivity contribution in [3.05, 3.63) is 136 Å². The van der Waals surface area contributed by atoms with Gasteiger partial charge in [0.25, 0.3) is 5.91 Å². The number of rotatable bonds is 10. The molecule has 6 aromatic rings. The van der Waals surface area contributed by atoms with Crippen LogP contribution in [0.3, 0.4) is 0 Å². The number of aromatic nitrogens is 4. The molecule has 9 nitrogen and oxygen atoms in total. The van der Waals surface area contributed by atoms with E-state index in [1.54, 1.807) is 23.1 Å². The second-order valence-electron chi connectivity index (χ2n) is 11.5. The monoisotopic (exact) mass is 675 g/mol. The first kappa shape index (κ1) is 32.0. The first-order valence-corrected chi connectivity index (χ1v) is 17.4. The molecule has 1 amide bonds. The number of ether oxygens (including phenoxy) is 2. The molecule has 7 rings (SSSR count). The highest BCUT2D eigenvalue weighted by atomic mass is 32.2. The molecule has 3 atom stereocenters. The maximum absolute atomic E-state index is 12.8. The van der Waals surface area contributed by atoms with E-state index in [-0.39, 0.29) is 30.4 Å². The van der Waals surface area contributed by atoms with Crippen LogP contribution in [0, 0.1) is 6.92 Å². The van der Waals surface area contributed by atoms with Crippen LogP contribution in [0.1, 0.15) is 56.6 Å². The Hall–Kier alpha value is -4.52. The van der Waals surface area contributed by atoms with Crippen molar-refractivity contribution in [2.75, 3.05) is 5.75 Å². The zero-order valence-corrected chi connectivity index (χ0v) is 27.8. The number of aryl methyl sites for hydroxylation is 1. The zero-order chi connectivity index (χ0) is 32.9. The lowest BCUT2D eigenvalue weighted by Crippen LogP contribution is -2.31. The Balaban J connectivity index is 1.03. The number of para-hydroxylation sites is 2. The van der Waals surface area contributed by atoms with Gasteiger partial charge in [0.05, 0.1) is 36.0 Å². The third kappa shape index (κ3) is 7.61.